The lowest BCUT2D eigenvalue weighted by atomic mass is 10.1. The molecule has 0 atom stereocenters. The predicted octanol–water partition coefficient (Wildman–Crippen LogP) is 5.07. The van der Waals surface area contributed by atoms with E-state index < -0.39 is 0 Å². The van der Waals surface area contributed by atoms with E-state index in [9.17, 15) is 9.59 Å². The molecule has 2 amide bonds. The number of anilines is 2. The molecule has 0 aliphatic rings. The lowest BCUT2D eigenvalue weighted by molar-refractivity contribution is -0.114. The van der Waals surface area contributed by atoms with Gasteiger partial charge in [-0.05, 0) is 48.0 Å². The van der Waals surface area contributed by atoms with Gasteiger partial charge in [-0.15, -0.1) is 0 Å². The molecule has 0 bridgehead atoms. The number of amides is 2. The first kappa shape index (κ1) is 19.7. The molecule has 1 aromatic heterocycles. The molecule has 3 N–H and O–H groups in total. The molecule has 0 fully saturated rings. The highest BCUT2D eigenvalue weighted by Crippen LogP contribution is 2.23. The zero-order valence-corrected chi connectivity index (χ0v) is 17.1. The van der Waals surface area contributed by atoms with Gasteiger partial charge in [0.1, 0.15) is 0 Å². The molecule has 30 heavy (non-hydrogen) atoms. The van der Waals surface area contributed by atoms with Crippen molar-refractivity contribution < 1.29 is 9.59 Å². The van der Waals surface area contributed by atoms with Crippen molar-refractivity contribution in [3.8, 4) is 0 Å². The van der Waals surface area contributed by atoms with E-state index in [1.165, 1.54) is 6.92 Å². The number of carbonyl (C=O) groups excluding carboxylic acids is 2. The van der Waals surface area contributed by atoms with Crippen LogP contribution in [0.15, 0.2) is 78.0 Å². The van der Waals surface area contributed by atoms with Crippen molar-refractivity contribution in [1.29, 1.82) is 0 Å². The standard InChI is InChI=1S/C23H20N4O2S/c1-15(28)24-18-5-4-6-19(13-18)25-22(29)17-11-9-16(10-12-17)14-30-23-26-20-7-2-3-8-21(20)27-23/h2-13H,14H2,1H3,(H,24,28)(H,25,29)(H,26,27). The Kier molecular flexibility index (Phi) is 5.81. The molecule has 4 aromatic rings. The fourth-order valence-electron chi connectivity index (χ4n) is 2.98. The molecule has 3 aromatic carbocycles. The molecule has 0 radical (unpaired) electrons. The maximum atomic E-state index is 12.5. The molecule has 7 heteroatoms. The largest absolute Gasteiger partial charge is 0.333 e. The molecule has 0 aliphatic heterocycles. The number of rotatable bonds is 6. The maximum Gasteiger partial charge on any atom is 0.255 e. The van der Waals surface area contributed by atoms with E-state index in [1.54, 1.807) is 36.0 Å². The summed E-state index contributed by atoms with van der Waals surface area (Å²) >= 11 is 1.62. The van der Waals surface area contributed by atoms with Crippen molar-refractivity contribution in [3.05, 3.63) is 83.9 Å². The number of aromatic amines is 1. The van der Waals surface area contributed by atoms with Gasteiger partial charge in [-0.2, -0.15) is 0 Å². The van der Waals surface area contributed by atoms with Crippen molar-refractivity contribution in [3.63, 3.8) is 0 Å². The van der Waals surface area contributed by atoms with E-state index in [1.807, 2.05) is 48.5 Å². The first-order valence-corrected chi connectivity index (χ1v) is 10.4. The Hall–Kier alpha value is -3.58. The van der Waals surface area contributed by atoms with Crippen molar-refractivity contribution in [2.24, 2.45) is 0 Å². The van der Waals surface area contributed by atoms with Crippen LogP contribution in [0, 0.1) is 0 Å². The number of benzene rings is 3. The summed E-state index contributed by atoms with van der Waals surface area (Å²) in [6.45, 7) is 1.44. The molecular formula is C23H20N4O2S. The molecule has 0 unspecified atom stereocenters. The van der Waals surface area contributed by atoms with Gasteiger partial charge in [0, 0.05) is 29.6 Å². The number of carbonyl (C=O) groups is 2. The van der Waals surface area contributed by atoms with E-state index in [4.69, 9.17) is 0 Å². The molecule has 4 rings (SSSR count). The number of H-pyrrole nitrogens is 1. The van der Waals surface area contributed by atoms with Crippen LogP contribution < -0.4 is 10.6 Å². The third-order valence-electron chi connectivity index (χ3n) is 4.40. The fraction of sp³-hybridized carbons (Fsp3) is 0.0870. The Morgan fingerprint density at radius 3 is 2.40 bits per heavy atom. The number of imidazole rings is 1. The van der Waals surface area contributed by atoms with Crippen molar-refractivity contribution in [1.82, 2.24) is 9.97 Å². The number of hydrogen-bond donors (Lipinski definition) is 3. The number of thioether (sulfide) groups is 1. The summed E-state index contributed by atoms with van der Waals surface area (Å²) in [7, 11) is 0. The summed E-state index contributed by atoms with van der Waals surface area (Å²) in [5.41, 5.74) is 4.90. The highest BCUT2D eigenvalue weighted by atomic mass is 32.2. The molecule has 0 saturated heterocycles. The minimum Gasteiger partial charge on any atom is -0.333 e. The SMILES string of the molecule is CC(=O)Nc1cccc(NC(=O)c2ccc(CSc3nc4ccccc4[nH]3)cc2)c1. The van der Waals surface area contributed by atoms with Crippen LogP contribution >= 0.6 is 11.8 Å². The quantitative estimate of drug-likeness (QED) is 0.383. The number of fused-ring (bicyclic) bond motifs is 1. The van der Waals surface area contributed by atoms with E-state index in [0.29, 0.717) is 16.9 Å². The number of nitrogens with zero attached hydrogens (tertiary/aromatic N) is 1. The zero-order valence-electron chi connectivity index (χ0n) is 16.3. The van der Waals surface area contributed by atoms with Crippen LogP contribution in [0.3, 0.4) is 0 Å². The van der Waals surface area contributed by atoms with Gasteiger partial charge >= 0.3 is 0 Å². The second-order valence-electron chi connectivity index (χ2n) is 6.76. The van der Waals surface area contributed by atoms with Gasteiger partial charge in [0.2, 0.25) is 5.91 Å². The van der Waals surface area contributed by atoms with Gasteiger partial charge < -0.3 is 15.6 Å². The third-order valence-corrected chi connectivity index (χ3v) is 5.34. The number of nitrogens with one attached hydrogen (secondary N) is 3. The van der Waals surface area contributed by atoms with Crippen LogP contribution in [0.4, 0.5) is 11.4 Å². The molecule has 0 saturated carbocycles. The summed E-state index contributed by atoms with van der Waals surface area (Å²) in [5.74, 6) is 0.390. The Morgan fingerprint density at radius 1 is 0.933 bits per heavy atom. The van der Waals surface area contributed by atoms with Crippen LogP contribution in [0.25, 0.3) is 11.0 Å². The number of para-hydroxylation sites is 2. The fourth-order valence-corrected chi connectivity index (χ4v) is 3.82. The van der Waals surface area contributed by atoms with Crippen LogP contribution in [0.2, 0.25) is 0 Å². The van der Waals surface area contributed by atoms with Crippen LogP contribution in [0.5, 0.6) is 0 Å². The van der Waals surface area contributed by atoms with Crippen LogP contribution in [-0.4, -0.2) is 21.8 Å². The summed E-state index contributed by atoms with van der Waals surface area (Å²) in [4.78, 5) is 31.6. The molecule has 6 nitrogen and oxygen atoms in total. The summed E-state index contributed by atoms with van der Waals surface area (Å²) in [5, 5.41) is 6.43. The second kappa shape index (κ2) is 8.84. The smallest absolute Gasteiger partial charge is 0.255 e. The highest BCUT2D eigenvalue weighted by molar-refractivity contribution is 7.98. The Morgan fingerprint density at radius 2 is 1.67 bits per heavy atom. The Labute approximate surface area is 178 Å². The zero-order chi connectivity index (χ0) is 20.9. The summed E-state index contributed by atoms with van der Waals surface area (Å²) in [6, 6.07) is 22.5. The van der Waals surface area contributed by atoms with Gasteiger partial charge in [-0.3, -0.25) is 9.59 Å². The molecule has 1 heterocycles. The number of aromatic nitrogens is 2. The van der Waals surface area contributed by atoms with Gasteiger partial charge in [-0.1, -0.05) is 42.1 Å². The first-order valence-electron chi connectivity index (χ1n) is 9.42. The molecule has 0 aliphatic carbocycles. The topological polar surface area (TPSA) is 86.9 Å². The molecular weight excluding hydrogens is 396 g/mol. The van der Waals surface area contributed by atoms with Gasteiger partial charge in [-0.25, -0.2) is 4.98 Å². The average Bonchev–Trinajstić information content (AvgIpc) is 3.15. The van der Waals surface area contributed by atoms with E-state index in [0.717, 1.165) is 27.5 Å². The molecule has 150 valence electrons. The second-order valence-corrected chi connectivity index (χ2v) is 7.72. The van der Waals surface area contributed by atoms with Crippen LogP contribution in [0.1, 0.15) is 22.8 Å². The average molecular weight is 417 g/mol. The lowest BCUT2D eigenvalue weighted by Crippen LogP contribution is -2.12. The Bertz CT molecular complexity index is 1170. The highest BCUT2D eigenvalue weighted by Gasteiger charge is 2.08. The summed E-state index contributed by atoms with van der Waals surface area (Å²) in [6.07, 6.45) is 0. The van der Waals surface area contributed by atoms with E-state index in [-0.39, 0.29) is 11.8 Å². The minimum atomic E-state index is -0.202. The van der Waals surface area contributed by atoms with Crippen molar-refractivity contribution in [2.45, 2.75) is 17.8 Å². The molecule has 0 spiro atoms. The number of hydrogen-bond acceptors (Lipinski definition) is 4. The predicted molar refractivity (Wildman–Crippen MR) is 121 cm³/mol. The normalized spacial score (nSPS) is 10.7. The van der Waals surface area contributed by atoms with Gasteiger partial charge in [0.05, 0.1) is 11.0 Å². The van der Waals surface area contributed by atoms with E-state index >= 15 is 0 Å². The van der Waals surface area contributed by atoms with Gasteiger partial charge in [0.25, 0.3) is 5.91 Å². The van der Waals surface area contributed by atoms with Gasteiger partial charge in [0.15, 0.2) is 5.16 Å². The van der Waals surface area contributed by atoms with E-state index in [2.05, 4.69) is 20.6 Å². The van der Waals surface area contributed by atoms with Crippen molar-refractivity contribution >= 4 is 46.0 Å². The monoisotopic (exact) mass is 416 g/mol. The minimum absolute atomic E-state index is 0.158. The van der Waals surface area contributed by atoms with Crippen molar-refractivity contribution in [2.75, 3.05) is 10.6 Å². The Balaban J connectivity index is 1.36. The maximum absolute atomic E-state index is 12.5. The third kappa shape index (κ3) is 4.87. The van der Waals surface area contributed by atoms with Crippen LogP contribution in [-0.2, 0) is 10.5 Å². The summed E-state index contributed by atoms with van der Waals surface area (Å²) < 4.78 is 0. The lowest BCUT2D eigenvalue weighted by Gasteiger charge is -2.08. The first-order chi connectivity index (χ1) is 14.6.